The number of nitrogens with zero attached hydrogens (tertiary/aromatic N) is 1. The first-order valence-electron chi connectivity index (χ1n) is 5.32. The van der Waals surface area contributed by atoms with Gasteiger partial charge in [-0.3, -0.25) is 0 Å². The van der Waals surface area contributed by atoms with E-state index in [1.54, 1.807) is 0 Å². The Morgan fingerprint density at radius 1 is 1.31 bits per heavy atom. The van der Waals surface area contributed by atoms with Crippen molar-refractivity contribution in [1.29, 1.82) is 0 Å². The van der Waals surface area contributed by atoms with Crippen molar-refractivity contribution >= 4 is 5.82 Å². The second-order valence-electron chi connectivity index (χ2n) is 4.30. The van der Waals surface area contributed by atoms with E-state index < -0.39 is 17.6 Å². The summed E-state index contributed by atoms with van der Waals surface area (Å²) in [4.78, 5) is 3.21. The minimum Gasteiger partial charge on any atom is -0.367 e. The van der Waals surface area contributed by atoms with Gasteiger partial charge in [-0.25, -0.2) is 8.78 Å². The van der Waals surface area contributed by atoms with Crippen molar-refractivity contribution in [3.05, 3.63) is 23.6 Å². The minimum atomic E-state index is -1.27. The lowest BCUT2D eigenvalue weighted by Crippen LogP contribution is -2.16. The van der Waals surface area contributed by atoms with Crippen LogP contribution in [0.1, 0.15) is 26.2 Å². The molecular formula is C11H13F3N2. The summed E-state index contributed by atoms with van der Waals surface area (Å²) in [5, 5.41) is 2.74. The summed E-state index contributed by atoms with van der Waals surface area (Å²) in [5.74, 6) is -3.60. The highest BCUT2D eigenvalue weighted by atomic mass is 19.2. The van der Waals surface area contributed by atoms with Gasteiger partial charge in [-0.05, 0) is 24.7 Å². The number of anilines is 1. The molecule has 0 amide bonds. The quantitative estimate of drug-likeness (QED) is 0.804. The molecule has 0 atom stereocenters. The topological polar surface area (TPSA) is 24.9 Å². The maximum absolute atomic E-state index is 13.2. The van der Waals surface area contributed by atoms with E-state index >= 15 is 0 Å². The smallest absolute Gasteiger partial charge is 0.251 e. The highest BCUT2D eigenvalue weighted by Crippen LogP contribution is 2.48. The zero-order valence-electron chi connectivity index (χ0n) is 8.99. The molecule has 1 aliphatic rings. The van der Waals surface area contributed by atoms with E-state index in [9.17, 15) is 13.2 Å². The van der Waals surface area contributed by atoms with Crippen LogP contribution in [0.3, 0.4) is 0 Å². The van der Waals surface area contributed by atoms with Crippen molar-refractivity contribution in [2.45, 2.75) is 26.2 Å². The number of aromatic nitrogens is 1. The molecule has 1 aromatic rings. The van der Waals surface area contributed by atoms with Gasteiger partial charge >= 0.3 is 0 Å². The molecule has 16 heavy (non-hydrogen) atoms. The van der Waals surface area contributed by atoms with Crippen molar-refractivity contribution in [2.24, 2.45) is 5.41 Å². The third-order valence-electron chi connectivity index (χ3n) is 3.22. The Bertz CT molecular complexity index is 402. The first-order valence-corrected chi connectivity index (χ1v) is 5.32. The molecule has 1 fully saturated rings. The van der Waals surface area contributed by atoms with E-state index in [1.165, 1.54) is 0 Å². The maximum Gasteiger partial charge on any atom is 0.251 e. The van der Waals surface area contributed by atoms with Crippen LogP contribution in [0.5, 0.6) is 0 Å². The largest absolute Gasteiger partial charge is 0.367 e. The molecule has 0 radical (unpaired) electrons. The Labute approximate surface area is 91.9 Å². The molecule has 1 aromatic heterocycles. The van der Waals surface area contributed by atoms with E-state index in [0.717, 1.165) is 19.3 Å². The first kappa shape index (κ1) is 11.2. The molecule has 0 aromatic carbocycles. The number of hydrogen-bond acceptors (Lipinski definition) is 2. The zero-order chi connectivity index (χ0) is 11.8. The fourth-order valence-electron chi connectivity index (χ4n) is 1.67. The summed E-state index contributed by atoms with van der Waals surface area (Å²) in [5.41, 5.74) is 0.193. The Morgan fingerprint density at radius 2 is 2.00 bits per heavy atom. The third kappa shape index (κ3) is 2.13. The fourth-order valence-corrected chi connectivity index (χ4v) is 1.67. The van der Waals surface area contributed by atoms with Crippen LogP contribution in [0.2, 0.25) is 0 Å². The van der Waals surface area contributed by atoms with Gasteiger partial charge in [0.2, 0.25) is 0 Å². The molecule has 1 heterocycles. The van der Waals surface area contributed by atoms with E-state index in [0.29, 0.717) is 12.6 Å². The normalized spacial score (nSPS) is 17.2. The molecule has 1 saturated carbocycles. The lowest BCUT2D eigenvalue weighted by Gasteiger charge is -2.14. The average Bonchev–Trinajstić information content (AvgIpc) is 3.02. The van der Waals surface area contributed by atoms with Crippen LogP contribution in [0.4, 0.5) is 19.0 Å². The molecule has 0 bridgehead atoms. The fraction of sp³-hybridized carbons (Fsp3) is 0.545. The monoisotopic (exact) mass is 230 g/mol. The van der Waals surface area contributed by atoms with Gasteiger partial charge < -0.3 is 5.32 Å². The van der Waals surface area contributed by atoms with E-state index in [2.05, 4.69) is 17.2 Å². The van der Waals surface area contributed by atoms with Crippen LogP contribution in [0.15, 0.2) is 6.07 Å². The Morgan fingerprint density at radius 3 is 2.56 bits per heavy atom. The number of rotatable bonds is 4. The van der Waals surface area contributed by atoms with Crippen molar-refractivity contribution in [3.8, 4) is 0 Å². The van der Waals surface area contributed by atoms with E-state index in [-0.39, 0.29) is 11.2 Å². The summed E-state index contributed by atoms with van der Waals surface area (Å²) in [6.07, 6.45) is 3.16. The Hall–Kier alpha value is -1.26. The number of nitrogens with one attached hydrogen (secondary N) is 1. The van der Waals surface area contributed by atoms with Crippen LogP contribution in [0.25, 0.3) is 0 Å². The molecule has 88 valence electrons. The van der Waals surface area contributed by atoms with Gasteiger partial charge in [-0.15, -0.1) is 0 Å². The highest BCUT2D eigenvalue weighted by molar-refractivity contribution is 5.36. The first-order chi connectivity index (χ1) is 7.56. The van der Waals surface area contributed by atoms with Gasteiger partial charge in [-0.2, -0.15) is 9.37 Å². The van der Waals surface area contributed by atoms with E-state index in [1.807, 2.05) is 0 Å². The summed E-state index contributed by atoms with van der Waals surface area (Å²) in [6, 6.07) is 0.510. The van der Waals surface area contributed by atoms with Gasteiger partial charge in [0.1, 0.15) is 0 Å². The summed E-state index contributed by atoms with van der Waals surface area (Å²) < 4.78 is 38.6. The predicted octanol–water partition coefficient (Wildman–Crippen LogP) is 3.10. The summed E-state index contributed by atoms with van der Waals surface area (Å²) in [6.45, 7) is 2.61. The molecule has 2 rings (SSSR count). The van der Waals surface area contributed by atoms with Crippen LogP contribution in [-0.2, 0) is 0 Å². The molecule has 1 N–H and O–H groups in total. The van der Waals surface area contributed by atoms with Crippen molar-refractivity contribution < 1.29 is 13.2 Å². The van der Waals surface area contributed by atoms with Gasteiger partial charge in [0.25, 0.3) is 5.95 Å². The maximum atomic E-state index is 13.2. The third-order valence-corrected chi connectivity index (χ3v) is 3.22. The predicted molar refractivity (Wildman–Crippen MR) is 54.6 cm³/mol. The lowest BCUT2D eigenvalue weighted by molar-refractivity contribution is 0.463. The van der Waals surface area contributed by atoms with Crippen LogP contribution in [0, 0.1) is 23.0 Å². The average molecular weight is 230 g/mol. The van der Waals surface area contributed by atoms with Gasteiger partial charge in [0, 0.05) is 12.6 Å². The molecule has 0 saturated heterocycles. The number of pyridine rings is 1. The number of halogens is 3. The second-order valence-corrected chi connectivity index (χ2v) is 4.30. The SMILES string of the molecule is CCC1(CNc2nc(F)c(F)cc2F)CC1. The molecule has 0 aliphatic heterocycles. The molecular weight excluding hydrogens is 217 g/mol. The zero-order valence-corrected chi connectivity index (χ0v) is 8.99. The highest BCUT2D eigenvalue weighted by Gasteiger charge is 2.40. The Balaban J connectivity index is 2.07. The minimum absolute atomic E-state index is 0.193. The van der Waals surface area contributed by atoms with Gasteiger partial charge in [0.15, 0.2) is 17.5 Å². The Kier molecular flexibility index (Phi) is 2.78. The van der Waals surface area contributed by atoms with Gasteiger partial charge in [0.05, 0.1) is 0 Å². The van der Waals surface area contributed by atoms with Crippen LogP contribution in [-0.4, -0.2) is 11.5 Å². The summed E-state index contributed by atoms with van der Waals surface area (Å²) >= 11 is 0. The molecule has 2 nitrogen and oxygen atoms in total. The second kappa shape index (κ2) is 3.96. The molecule has 0 unspecified atom stereocenters. The molecule has 0 spiro atoms. The van der Waals surface area contributed by atoms with Crippen molar-refractivity contribution in [1.82, 2.24) is 4.98 Å². The molecule has 5 heteroatoms. The van der Waals surface area contributed by atoms with E-state index in [4.69, 9.17) is 0 Å². The van der Waals surface area contributed by atoms with Crippen LogP contribution < -0.4 is 5.32 Å². The van der Waals surface area contributed by atoms with Crippen molar-refractivity contribution in [3.63, 3.8) is 0 Å². The summed E-state index contributed by atoms with van der Waals surface area (Å²) in [7, 11) is 0. The standard InChI is InChI=1S/C11H13F3N2/c1-2-11(3-4-11)6-15-10-8(13)5-7(12)9(14)16-10/h5H,2-4,6H2,1H3,(H,15,16). The molecule has 1 aliphatic carbocycles. The number of hydrogen-bond donors (Lipinski definition) is 1. The van der Waals surface area contributed by atoms with Crippen LogP contribution >= 0.6 is 0 Å². The lowest BCUT2D eigenvalue weighted by atomic mass is 10.0. The van der Waals surface area contributed by atoms with Gasteiger partial charge in [-0.1, -0.05) is 6.92 Å². The van der Waals surface area contributed by atoms with Crippen molar-refractivity contribution in [2.75, 3.05) is 11.9 Å².